The molecule has 0 N–H and O–H groups in total. The summed E-state index contributed by atoms with van der Waals surface area (Å²) in [6, 6.07) is 0. The van der Waals surface area contributed by atoms with Crippen molar-refractivity contribution in [2.24, 2.45) is 0 Å². The first-order chi connectivity index (χ1) is 7.19. The Morgan fingerprint density at radius 1 is 1.53 bits per heavy atom. The van der Waals surface area contributed by atoms with E-state index >= 15 is 0 Å². The van der Waals surface area contributed by atoms with Crippen LogP contribution in [0.5, 0.6) is 0 Å². The molecule has 0 saturated carbocycles. The second-order valence-electron chi connectivity index (χ2n) is 3.47. The van der Waals surface area contributed by atoms with E-state index in [4.69, 9.17) is 4.74 Å². The fraction of sp³-hybridized carbons (Fsp3) is 0.800. The Bertz CT molecular complexity index is 236. The van der Waals surface area contributed by atoms with Gasteiger partial charge in [-0.25, -0.2) is 4.79 Å². The van der Waals surface area contributed by atoms with Crippen molar-refractivity contribution in [3.05, 3.63) is 0 Å². The van der Waals surface area contributed by atoms with E-state index in [2.05, 4.69) is 4.74 Å². The molecule has 5 nitrogen and oxygen atoms in total. The SMILES string of the molecule is CCN(CC1CCCO1)C(=O)C(=O)OC. The third-order valence-electron chi connectivity index (χ3n) is 2.48. The van der Waals surface area contributed by atoms with Crippen LogP contribution >= 0.6 is 0 Å². The number of ether oxygens (including phenoxy) is 2. The Morgan fingerprint density at radius 2 is 2.27 bits per heavy atom. The Balaban J connectivity index is 2.46. The summed E-state index contributed by atoms with van der Waals surface area (Å²) in [6.07, 6.45) is 2.04. The maximum atomic E-state index is 11.5. The number of carbonyl (C=O) groups excluding carboxylic acids is 2. The summed E-state index contributed by atoms with van der Waals surface area (Å²) >= 11 is 0. The molecule has 0 aliphatic carbocycles. The minimum atomic E-state index is -0.810. The van der Waals surface area contributed by atoms with Crippen LogP contribution < -0.4 is 0 Å². The first-order valence-corrected chi connectivity index (χ1v) is 5.17. The van der Waals surface area contributed by atoms with Crippen LogP contribution in [0.3, 0.4) is 0 Å². The molecule has 1 heterocycles. The van der Waals surface area contributed by atoms with Gasteiger partial charge in [0.2, 0.25) is 0 Å². The van der Waals surface area contributed by atoms with Gasteiger partial charge in [-0.05, 0) is 19.8 Å². The van der Waals surface area contributed by atoms with Gasteiger partial charge in [0, 0.05) is 19.7 Å². The highest BCUT2D eigenvalue weighted by atomic mass is 16.5. The van der Waals surface area contributed by atoms with Crippen molar-refractivity contribution >= 4 is 11.9 Å². The molecule has 1 aliphatic rings. The molecule has 1 rings (SSSR count). The Morgan fingerprint density at radius 3 is 2.73 bits per heavy atom. The minimum absolute atomic E-state index is 0.0681. The van der Waals surface area contributed by atoms with Crippen LogP contribution in [-0.2, 0) is 19.1 Å². The molecule has 1 saturated heterocycles. The zero-order valence-electron chi connectivity index (χ0n) is 9.19. The van der Waals surface area contributed by atoms with Gasteiger partial charge in [-0.2, -0.15) is 0 Å². The van der Waals surface area contributed by atoms with Crippen LogP contribution in [0.15, 0.2) is 0 Å². The lowest BCUT2D eigenvalue weighted by Crippen LogP contribution is -2.41. The molecule has 1 fully saturated rings. The molecule has 86 valence electrons. The smallest absolute Gasteiger partial charge is 0.396 e. The number of carbonyl (C=O) groups is 2. The first-order valence-electron chi connectivity index (χ1n) is 5.17. The summed E-state index contributed by atoms with van der Waals surface area (Å²) in [5.41, 5.74) is 0. The normalized spacial score (nSPS) is 20.0. The zero-order valence-corrected chi connectivity index (χ0v) is 9.19. The molecule has 1 unspecified atom stereocenters. The number of esters is 1. The lowest BCUT2D eigenvalue weighted by molar-refractivity contribution is -0.158. The lowest BCUT2D eigenvalue weighted by Gasteiger charge is -2.22. The summed E-state index contributed by atoms with van der Waals surface area (Å²) in [5, 5.41) is 0. The van der Waals surface area contributed by atoms with Crippen LogP contribution in [0.1, 0.15) is 19.8 Å². The summed E-state index contributed by atoms with van der Waals surface area (Å²) < 4.78 is 9.79. The standard InChI is InChI=1S/C10H17NO4/c1-3-11(9(12)10(13)14-2)7-8-5-4-6-15-8/h8H,3-7H2,1-2H3. The maximum Gasteiger partial charge on any atom is 0.396 e. The maximum absolute atomic E-state index is 11.5. The summed E-state index contributed by atoms with van der Waals surface area (Å²) in [5.74, 6) is -1.40. The molecule has 0 aromatic rings. The van der Waals surface area contributed by atoms with Gasteiger partial charge >= 0.3 is 11.9 Å². The molecule has 0 radical (unpaired) electrons. The van der Waals surface area contributed by atoms with Crippen LogP contribution in [-0.4, -0.2) is 49.7 Å². The number of hydrogen-bond donors (Lipinski definition) is 0. The predicted molar refractivity (Wildman–Crippen MR) is 53.2 cm³/mol. The highest BCUT2D eigenvalue weighted by molar-refractivity contribution is 6.32. The minimum Gasteiger partial charge on any atom is -0.462 e. The van der Waals surface area contributed by atoms with Gasteiger partial charge in [0.1, 0.15) is 0 Å². The Hall–Kier alpha value is -1.10. The van der Waals surface area contributed by atoms with Crippen LogP contribution in [0.25, 0.3) is 0 Å². The topological polar surface area (TPSA) is 55.8 Å². The average Bonchev–Trinajstić information content (AvgIpc) is 2.76. The molecular formula is C10H17NO4. The Labute approximate surface area is 89.3 Å². The van der Waals surface area contributed by atoms with E-state index in [-0.39, 0.29) is 6.10 Å². The van der Waals surface area contributed by atoms with Crippen LogP contribution in [0.2, 0.25) is 0 Å². The van der Waals surface area contributed by atoms with Gasteiger partial charge in [0.15, 0.2) is 0 Å². The molecule has 1 atom stereocenters. The molecule has 1 aliphatic heterocycles. The highest BCUT2D eigenvalue weighted by Crippen LogP contribution is 2.13. The molecule has 0 aromatic heterocycles. The van der Waals surface area contributed by atoms with E-state index in [0.717, 1.165) is 19.4 Å². The van der Waals surface area contributed by atoms with E-state index < -0.39 is 11.9 Å². The second-order valence-corrected chi connectivity index (χ2v) is 3.47. The van der Waals surface area contributed by atoms with E-state index in [0.29, 0.717) is 13.1 Å². The van der Waals surface area contributed by atoms with Crippen molar-refractivity contribution in [2.75, 3.05) is 26.8 Å². The van der Waals surface area contributed by atoms with E-state index in [1.165, 1.54) is 12.0 Å². The zero-order chi connectivity index (χ0) is 11.3. The van der Waals surface area contributed by atoms with E-state index in [9.17, 15) is 9.59 Å². The monoisotopic (exact) mass is 215 g/mol. The van der Waals surface area contributed by atoms with Gasteiger partial charge in [-0.3, -0.25) is 4.79 Å². The first kappa shape index (κ1) is 12.0. The van der Waals surface area contributed by atoms with Crippen molar-refractivity contribution in [2.45, 2.75) is 25.9 Å². The van der Waals surface area contributed by atoms with Gasteiger partial charge in [0.25, 0.3) is 0 Å². The molecule has 1 amide bonds. The fourth-order valence-corrected chi connectivity index (χ4v) is 1.61. The van der Waals surface area contributed by atoms with Gasteiger partial charge in [0.05, 0.1) is 13.2 Å². The fourth-order valence-electron chi connectivity index (χ4n) is 1.61. The molecule has 5 heteroatoms. The number of nitrogens with zero attached hydrogens (tertiary/aromatic N) is 1. The molecule has 0 spiro atoms. The van der Waals surface area contributed by atoms with Crippen molar-refractivity contribution in [1.82, 2.24) is 4.90 Å². The predicted octanol–water partition coefficient (Wildman–Crippen LogP) is 0.187. The van der Waals surface area contributed by atoms with Crippen molar-refractivity contribution in [3.63, 3.8) is 0 Å². The molecule has 0 bridgehead atoms. The summed E-state index contributed by atoms with van der Waals surface area (Å²) in [7, 11) is 1.21. The number of likely N-dealkylation sites (N-methyl/N-ethyl adjacent to an activating group) is 1. The van der Waals surface area contributed by atoms with E-state index in [1.54, 1.807) is 0 Å². The number of methoxy groups -OCH3 is 1. The number of rotatable bonds is 3. The number of hydrogen-bond acceptors (Lipinski definition) is 4. The van der Waals surface area contributed by atoms with Crippen molar-refractivity contribution in [3.8, 4) is 0 Å². The van der Waals surface area contributed by atoms with Gasteiger partial charge < -0.3 is 14.4 Å². The number of amides is 1. The summed E-state index contributed by atoms with van der Waals surface area (Å²) in [4.78, 5) is 24.0. The quantitative estimate of drug-likeness (QED) is 0.498. The average molecular weight is 215 g/mol. The van der Waals surface area contributed by atoms with Gasteiger partial charge in [-0.1, -0.05) is 0 Å². The third-order valence-corrected chi connectivity index (χ3v) is 2.48. The highest BCUT2D eigenvalue weighted by Gasteiger charge is 2.25. The Kier molecular flexibility index (Phi) is 4.55. The third kappa shape index (κ3) is 3.20. The molecular weight excluding hydrogens is 198 g/mol. The van der Waals surface area contributed by atoms with Crippen LogP contribution in [0.4, 0.5) is 0 Å². The van der Waals surface area contributed by atoms with E-state index in [1.807, 2.05) is 6.92 Å². The van der Waals surface area contributed by atoms with Crippen LogP contribution in [0, 0.1) is 0 Å². The largest absolute Gasteiger partial charge is 0.462 e. The summed E-state index contributed by atoms with van der Waals surface area (Å²) in [6.45, 7) is 3.54. The van der Waals surface area contributed by atoms with Crippen molar-refractivity contribution < 1.29 is 19.1 Å². The molecule has 15 heavy (non-hydrogen) atoms. The second kappa shape index (κ2) is 5.70. The molecule has 0 aromatic carbocycles. The lowest BCUT2D eigenvalue weighted by atomic mass is 10.2. The van der Waals surface area contributed by atoms with Gasteiger partial charge in [-0.15, -0.1) is 0 Å². The van der Waals surface area contributed by atoms with Crippen molar-refractivity contribution in [1.29, 1.82) is 0 Å².